The highest BCUT2D eigenvalue weighted by atomic mass is 16.2. The van der Waals surface area contributed by atoms with Crippen LogP contribution in [0.2, 0.25) is 0 Å². The molecule has 3 atom stereocenters. The van der Waals surface area contributed by atoms with Crippen LogP contribution in [0.3, 0.4) is 0 Å². The van der Waals surface area contributed by atoms with E-state index in [-0.39, 0.29) is 5.92 Å². The van der Waals surface area contributed by atoms with Crippen LogP contribution in [0.25, 0.3) is 0 Å². The lowest BCUT2D eigenvalue weighted by atomic mass is 9.68. The molecule has 1 aliphatic heterocycles. The first-order chi connectivity index (χ1) is 10.1. The number of nitrogens with zero attached hydrogens (tertiary/aromatic N) is 1. The van der Waals surface area contributed by atoms with Gasteiger partial charge in [0.1, 0.15) is 0 Å². The third kappa shape index (κ3) is 3.28. The van der Waals surface area contributed by atoms with Crippen molar-refractivity contribution in [3.63, 3.8) is 0 Å². The van der Waals surface area contributed by atoms with Crippen LogP contribution in [-0.2, 0) is 4.79 Å². The van der Waals surface area contributed by atoms with E-state index in [1.165, 1.54) is 44.9 Å². The molecule has 0 bridgehead atoms. The fourth-order valence-corrected chi connectivity index (χ4v) is 4.91. The molecular weight excluding hydrogens is 260 g/mol. The third-order valence-corrected chi connectivity index (χ3v) is 6.63. The molecule has 0 aromatic rings. The SMILES string of the molecule is CC1CC(C(=O)N2CCC3(CCCCC3)CC2)CCC1N. The first-order valence-corrected chi connectivity index (χ1v) is 9.14. The van der Waals surface area contributed by atoms with Crippen molar-refractivity contribution in [1.82, 2.24) is 4.90 Å². The highest BCUT2D eigenvalue weighted by molar-refractivity contribution is 5.79. The minimum absolute atomic E-state index is 0.250. The number of hydrogen-bond acceptors (Lipinski definition) is 2. The Hall–Kier alpha value is -0.570. The van der Waals surface area contributed by atoms with Gasteiger partial charge in [0.2, 0.25) is 5.91 Å². The lowest BCUT2D eigenvalue weighted by Gasteiger charge is -2.45. The lowest BCUT2D eigenvalue weighted by Crippen LogP contribution is -2.48. The standard InChI is InChI=1S/C18H32N2O/c1-14-13-15(5-6-16(14)19)17(21)20-11-9-18(10-12-20)7-3-2-4-8-18/h14-16H,2-13,19H2,1H3. The van der Waals surface area contributed by atoms with Crippen molar-refractivity contribution in [1.29, 1.82) is 0 Å². The molecule has 2 aliphatic carbocycles. The van der Waals surface area contributed by atoms with E-state index in [0.717, 1.165) is 32.4 Å². The minimum Gasteiger partial charge on any atom is -0.342 e. The fourth-order valence-electron chi connectivity index (χ4n) is 4.91. The Kier molecular flexibility index (Phi) is 4.58. The van der Waals surface area contributed by atoms with E-state index in [9.17, 15) is 4.79 Å². The van der Waals surface area contributed by atoms with Gasteiger partial charge in [-0.3, -0.25) is 4.79 Å². The summed E-state index contributed by atoms with van der Waals surface area (Å²) in [6.45, 7) is 4.23. The Morgan fingerprint density at radius 1 is 1.05 bits per heavy atom. The van der Waals surface area contributed by atoms with Gasteiger partial charge in [-0.2, -0.15) is 0 Å². The number of carbonyl (C=O) groups is 1. The molecule has 1 amide bonds. The maximum absolute atomic E-state index is 12.8. The highest BCUT2D eigenvalue weighted by Gasteiger charge is 2.39. The summed E-state index contributed by atoms with van der Waals surface area (Å²) in [6.07, 6.45) is 12.6. The van der Waals surface area contributed by atoms with Gasteiger partial charge in [-0.15, -0.1) is 0 Å². The molecule has 3 fully saturated rings. The van der Waals surface area contributed by atoms with Gasteiger partial charge < -0.3 is 10.6 Å². The summed E-state index contributed by atoms with van der Waals surface area (Å²) < 4.78 is 0. The summed E-state index contributed by atoms with van der Waals surface area (Å²) in [6, 6.07) is 0.306. The second-order valence-corrected chi connectivity index (χ2v) is 8.04. The van der Waals surface area contributed by atoms with Crippen molar-refractivity contribution < 1.29 is 4.79 Å². The molecule has 2 N–H and O–H groups in total. The third-order valence-electron chi connectivity index (χ3n) is 6.63. The number of amides is 1. The molecular formula is C18H32N2O. The first-order valence-electron chi connectivity index (χ1n) is 9.14. The largest absolute Gasteiger partial charge is 0.342 e. The van der Waals surface area contributed by atoms with E-state index in [0.29, 0.717) is 23.3 Å². The van der Waals surface area contributed by atoms with E-state index < -0.39 is 0 Å². The Balaban J connectivity index is 1.53. The van der Waals surface area contributed by atoms with Crippen molar-refractivity contribution in [3.8, 4) is 0 Å². The molecule has 0 radical (unpaired) electrons. The average Bonchev–Trinajstić information content (AvgIpc) is 2.51. The van der Waals surface area contributed by atoms with E-state index in [4.69, 9.17) is 5.73 Å². The molecule has 3 unspecified atom stereocenters. The molecule has 1 saturated heterocycles. The zero-order valence-electron chi connectivity index (χ0n) is 13.7. The van der Waals surface area contributed by atoms with Gasteiger partial charge in [-0.05, 0) is 56.3 Å². The molecule has 1 heterocycles. The molecule has 3 rings (SSSR count). The maximum atomic E-state index is 12.8. The van der Waals surface area contributed by atoms with E-state index >= 15 is 0 Å². The first kappa shape index (κ1) is 15.3. The summed E-state index contributed by atoms with van der Waals surface area (Å²) in [5.41, 5.74) is 6.68. The number of rotatable bonds is 1. The monoisotopic (exact) mass is 292 g/mol. The van der Waals surface area contributed by atoms with Crippen LogP contribution in [0, 0.1) is 17.3 Å². The summed E-state index contributed by atoms with van der Waals surface area (Å²) >= 11 is 0. The molecule has 1 spiro atoms. The highest BCUT2D eigenvalue weighted by Crippen LogP contribution is 2.45. The van der Waals surface area contributed by atoms with Crippen molar-refractivity contribution in [3.05, 3.63) is 0 Å². The average molecular weight is 292 g/mol. The van der Waals surface area contributed by atoms with Crippen LogP contribution in [0.5, 0.6) is 0 Å². The van der Waals surface area contributed by atoms with E-state index in [1.54, 1.807) is 0 Å². The number of hydrogen-bond donors (Lipinski definition) is 1. The maximum Gasteiger partial charge on any atom is 0.225 e. The van der Waals surface area contributed by atoms with Gasteiger partial charge in [0.25, 0.3) is 0 Å². The number of nitrogens with two attached hydrogens (primary N) is 1. The normalized spacial score (nSPS) is 36.7. The summed E-state index contributed by atoms with van der Waals surface area (Å²) in [4.78, 5) is 14.9. The van der Waals surface area contributed by atoms with Crippen molar-refractivity contribution in [2.45, 2.75) is 77.2 Å². The molecule has 120 valence electrons. The Bertz CT molecular complexity index is 365. The summed E-state index contributed by atoms with van der Waals surface area (Å²) in [7, 11) is 0. The predicted molar refractivity (Wildman–Crippen MR) is 85.8 cm³/mol. The molecule has 2 saturated carbocycles. The van der Waals surface area contributed by atoms with Crippen LogP contribution in [0.15, 0.2) is 0 Å². The number of likely N-dealkylation sites (tertiary alicyclic amines) is 1. The smallest absolute Gasteiger partial charge is 0.225 e. The van der Waals surface area contributed by atoms with Gasteiger partial charge in [0, 0.05) is 25.0 Å². The Morgan fingerprint density at radius 3 is 2.33 bits per heavy atom. The predicted octanol–water partition coefficient (Wildman–Crippen LogP) is 3.32. The van der Waals surface area contributed by atoms with Crippen LogP contribution < -0.4 is 5.73 Å². The quantitative estimate of drug-likeness (QED) is 0.806. The second-order valence-electron chi connectivity index (χ2n) is 8.04. The Morgan fingerprint density at radius 2 is 1.71 bits per heavy atom. The lowest BCUT2D eigenvalue weighted by molar-refractivity contribution is -0.140. The molecule has 3 aliphatic rings. The molecule has 21 heavy (non-hydrogen) atoms. The summed E-state index contributed by atoms with van der Waals surface area (Å²) in [5.74, 6) is 1.18. The van der Waals surface area contributed by atoms with Crippen LogP contribution in [0.4, 0.5) is 0 Å². The van der Waals surface area contributed by atoms with Crippen LogP contribution in [0.1, 0.15) is 71.1 Å². The van der Waals surface area contributed by atoms with Crippen molar-refractivity contribution in [2.24, 2.45) is 23.0 Å². The van der Waals surface area contributed by atoms with Crippen molar-refractivity contribution >= 4 is 5.91 Å². The fraction of sp³-hybridized carbons (Fsp3) is 0.944. The number of piperidine rings is 1. The Labute approximate surface area is 129 Å². The zero-order valence-corrected chi connectivity index (χ0v) is 13.7. The van der Waals surface area contributed by atoms with Gasteiger partial charge in [0.05, 0.1) is 0 Å². The summed E-state index contributed by atoms with van der Waals surface area (Å²) in [5, 5.41) is 0. The van der Waals surface area contributed by atoms with E-state index in [1.807, 2.05) is 0 Å². The van der Waals surface area contributed by atoms with Crippen LogP contribution in [-0.4, -0.2) is 29.9 Å². The molecule has 3 nitrogen and oxygen atoms in total. The topological polar surface area (TPSA) is 46.3 Å². The molecule has 0 aromatic carbocycles. The van der Waals surface area contributed by atoms with Crippen molar-refractivity contribution in [2.75, 3.05) is 13.1 Å². The number of carbonyl (C=O) groups excluding carboxylic acids is 1. The van der Waals surface area contributed by atoms with E-state index in [2.05, 4.69) is 11.8 Å². The van der Waals surface area contributed by atoms with Gasteiger partial charge >= 0.3 is 0 Å². The van der Waals surface area contributed by atoms with Crippen LogP contribution >= 0.6 is 0 Å². The molecule has 0 aromatic heterocycles. The minimum atomic E-state index is 0.250. The van der Waals surface area contributed by atoms with Gasteiger partial charge in [-0.1, -0.05) is 26.2 Å². The molecule has 3 heteroatoms. The van der Waals surface area contributed by atoms with Gasteiger partial charge in [0.15, 0.2) is 0 Å². The van der Waals surface area contributed by atoms with Gasteiger partial charge in [-0.25, -0.2) is 0 Å². The second kappa shape index (κ2) is 6.28. The zero-order chi connectivity index (χ0) is 14.9.